The van der Waals surface area contributed by atoms with Gasteiger partial charge in [-0.2, -0.15) is 9.78 Å². The maximum Gasteiger partial charge on any atom is 0.283 e. The highest BCUT2D eigenvalue weighted by Gasteiger charge is 2.16. The van der Waals surface area contributed by atoms with Gasteiger partial charge in [-0.25, -0.2) is 13.8 Å². The van der Waals surface area contributed by atoms with Gasteiger partial charge in [-0.15, -0.1) is 11.3 Å². The number of benzene rings is 2. The standard InChI is InChI=1S/C20H13F2N3OS/c1-12-17(14-5-3-2-4-6-14)18-19(27-12)23-11-25(20(18)26)24-10-13-7-8-15(21)16(22)9-13/h2-11H,1H3/b24-10-. The number of thiophene rings is 1. The first-order chi connectivity index (χ1) is 13.0. The van der Waals surface area contributed by atoms with Crippen molar-refractivity contribution in [3.05, 3.63) is 87.3 Å². The number of hydrogen-bond acceptors (Lipinski definition) is 4. The van der Waals surface area contributed by atoms with E-state index in [-0.39, 0.29) is 5.56 Å². The largest absolute Gasteiger partial charge is 0.283 e. The molecule has 2 aromatic heterocycles. The van der Waals surface area contributed by atoms with Crippen LogP contribution in [0, 0.1) is 18.6 Å². The Bertz CT molecular complexity index is 1230. The zero-order valence-corrected chi connectivity index (χ0v) is 15.0. The summed E-state index contributed by atoms with van der Waals surface area (Å²) in [6, 6.07) is 13.0. The summed E-state index contributed by atoms with van der Waals surface area (Å²) in [4.78, 5) is 18.9. The molecule has 0 bridgehead atoms. The third kappa shape index (κ3) is 3.17. The number of hydrogen-bond donors (Lipinski definition) is 0. The van der Waals surface area contributed by atoms with Gasteiger partial charge in [0.15, 0.2) is 11.6 Å². The third-order valence-corrected chi connectivity index (χ3v) is 5.12. The van der Waals surface area contributed by atoms with Crippen LogP contribution in [0.4, 0.5) is 8.78 Å². The van der Waals surface area contributed by atoms with Crippen LogP contribution in [0.15, 0.2) is 64.8 Å². The van der Waals surface area contributed by atoms with E-state index in [2.05, 4.69) is 10.1 Å². The lowest BCUT2D eigenvalue weighted by molar-refractivity contribution is 0.508. The Labute approximate surface area is 157 Å². The van der Waals surface area contributed by atoms with E-state index >= 15 is 0 Å². The summed E-state index contributed by atoms with van der Waals surface area (Å²) in [5, 5.41) is 4.57. The Kier molecular flexibility index (Phi) is 4.37. The van der Waals surface area contributed by atoms with Gasteiger partial charge in [0.2, 0.25) is 0 Å². The SMILES string of the molecule is Cc1sc2ncn(/N=C\c3ccc(F)c(F)c3)c(=O)c2c1-c1ccccc1. The maximum absolute atomic E-state index is 13.3. The molecule has 0 aliphatic carbocycles. The molecule has 0 amide bonds. The van der Waals surface area contributed by atoms with Gasteiger partial charge < -0.3 is 0 Å². The van der Waals surface area contributed by atoms with Crippen LogP contribution in [0.1, 0.15) is 10.4 Å². The van der Waals surface area contributed by atoms with Gasteiger partial charge in [-0.05, 0) is 30.2 Å². The summed E-state index contributed by atoms with van der Waals surface area (Å²) in [5.41, 5.74) is 1.79. The molecule has 0 radical (unpaired) electrons. The van der Waals surface area contributed by atoms with E-state index < -0.39 is 11.6 Å². The molecule has 7 heteroatoms. The highest BCUT2D eigenvalue weighted by molar-refractivity contribution is 7.19. The molecule has 0 aliphatic rings. The van der Waals surface area contributed by atoms with Gasteiger partial charge in [-0.3, -0.25) is 4.79 Å². The smallest absolute Gasteiger partial charge is 0.267 e. The van der Waals surface area contributed by atoms with Gasteiger partial charge in [0, 0.05) is 10.4 Å². The van der Waals surface area contributed by atoms with Crippen LogP contribution in [0.25, 0.3) is 21.3 Å². The zero-order valence-electron chi connectivity index (χ0n) is 14.2. The number of nitrogens with zero attached hydrogens (tertiary/aromatic N) is 3. The summed E-state index contributed by atoms with van der Waals surface area (Å²) in [6.45, 7) is 1.95. The Balaban J connectivity index is 1.83. The van der Waals surface area contributed by atoms with Gasteiger partial charge in [0.1, 0.15) is 11.2 Å². The highest BCUT2D eigenvalue weighted by Crippen LogP contribution is 2.35. The number of aromatic nitrogens is 2. The van der Waals surface area contributed by atoms with Gasteiger partial charge in [-0.1, -0.05) is 36.4 Å². The van der Waals surface area contributed by atoms with Gasteiger partial charge in [0.25, 0.3) is 5.56 Å². The van der Waals surface area contributed by atoms with E-state index in [9.17, 15) is 13.6 Å². The van der Waals surface area contributed by atoms with Crippen LogP contribution in [-0.4, -0.2) is 15.9 Å². The molecule has 0 aliphatic heterocycles. The molecule has 0 atom stereocenters. The van der Waals surface area contributed by atoms with Crippen molar-refractivity contribution in [3.8, 4) is 11.1 Å². The van der Waals surface area contributed by atoms with Crippen molar-refractivity contribution in [2.24, 2.45) is 5.10 Å². The van der Waals surface area contributed by atoms with E-state index in [1.807, 2.05) is 37.3 Å². The molecule has 0 N–H and O–H groups in total. The highest BCUT2D eigenvalue weighted by atomic mass is 32.1. The first-order valence-corrected chi connectivity index (χ1v) is 8.92. The fourth-order valence-electron chi connectivity index (χ4n) is 2.85. The fourth-order valence-corrected chi connectivity index (χ4v) is 3.85. The molecule has 2 aromatic carbocycles. The molecule has 0 saturated heterocycles. The van der Waals surface area contributed by atoms with Crippen LogP contribution < -0.4 is 5.56 Å². The van der Waals surface area contributed by atoms with Crippen molar-refractivity contribution < 1.29 is 8.78 Å². The summed E-state index contributed by atoms with van der Waals surface area (Å²) in [6.07, 6.45) is 2.62. The lowest BCUT2D eigenvalue weighted by Crippen LogP contribution is -2.16. The number of rotatable bonds is 3. The first-order valence-electron chi connectivity index (χ1n) is 8.10. The molecule has 0 unspecified atom stereocenters. The van der Waals surface area contributed by atoms with E-state index in [1.165, 1.54) is 29.9 Å². The summed E-state index contributed by atoms with van der Waals surface area (Å²) < 4.78 is 27.4. The molecule has 2 heterocycles. The molecule has 4 nitrogen and oxygen atoms in total. The molecule has 4 rings (SSSR count). The van der Waals surface area contributed by atoms with Crippen molar-refractivity contribution in [2.45, 2.75) is 6.92 Å². The summed E-state index contributed by atoms with van der Waals surface area (Å²) in [5.74, 6) is -1.91. The molecular formula is C20H13F2N3OS. The lowest BCUT2D eigenvalue weighted by Gasteiger charge is -2.02. The first kappa shape index (κ1) is 17.2. The minimum absolute atomic E-state index is 0.318. The van der Waals surface area contributed by atoms with Crippen molar-refractivity contribution in [3.63, 3.8) is 0 Å². The molecule has 27 heavy (non-hydrogen) atoms. The monoisotopic (exact) mass is 381 g/mol. The molecule has 0 spiro atoms. The van der Waals surface area contributed by atoms with Crippen molar-refractivity contribution >= 4 is 27.8 Å². The van der Waals surface area contributed by atoms with Crippen molar-refractivity contribution in [1.82, 2.24) is 9.66 Å². The Morgan fingerprint density at radius 2 is 1.89 bits per heavy atom. The van der Waals surface area contributed by atoms with E-state index in [1.54, 1.807) is 0 Å². The second-order valence-electron chi connectivity index (χ2n) is 5.89. The normalized spacial score (nSPS) is 11.5. The molecule has 134 valence electrons. The molecule has 0 fully saturated rings. The molecule has 0 saturated carbocycles. The van der Waals surface area contributed by atoms with Gasteiger partial charge in [0.05, 0.1) is 11.6 Å². The lowest BCUT2D eigenvalue weighted by atomic mass is 10.0. The van der Waals surface area contributed by atoms with Crippen molar-refractivity contribution in [1.29, 1.82) is 0 Å². The second kappa shape index (κ2) is 6.85. The molecule has 4 aromatic rings. The van der Waals surface area contributed by atoms with Crippen LogP contribution in [0.2, 0.25) is 0 Å². The fraction of sp³-hybridized carbons (Fsp3) is 0.0500. The summed E-state index contributed by atoms with van der Waals surface area (Å²) in [7, 11) is 0. The minimum atomic E-state index is -0.973. The average Bonchev–Trinajstić information content (AvgIpc) is 3.01. The number of fused-ring (bicyclic) bond motifs is 1. The number of aryl methyl sites for hydroxylation is 1. The van der Waals surface area contributed by atoms with Crippen LogP contribution >= 0.6 is 11.3 Å². The van der Waals surface area contributed by atoms with E-state index in [0.717, 1.165) is 32.8 Å². The van der Waals surface area contributed by atoms with Crippen LogP contribution in [-0.2, 0) is 0 Å². The quantitative estimate of drug-likeness (QED) is 0.487. The van der Waals surface area contributed by atoms with Gasteiger partial charge >= 0.3 is 0 Å². The Hall–Kier alpha value is -3.19. The number of halogens is 2. The van der Waals surface area contributed by atoms with E-state index in [4.69, 9.17) is 0 Å². The van der Waals surface area contributed by atoms with Crippen LogP contribution in [0.5, 0.6) is 0 Å². The second-order valence-corrected chi connectivity index (χ2v) is 7.10. The maximum atomic E-state index is 13.3. The average molecular weight is 381 g/mol. The predicted molar refractivity (Wildman–Crippen MR) is 103 cm³/mol. The summed E-state index contributed by atoms with van der Waals surface area (Å²) >= 11 is 1.45. The van der Waals surface area contributed by atoms with E-state index in [0.29, 0.717) is 15.8 Å². The Morgan fingerprint density at radius 1 is 1.11 bits per heavy atom. The van der Waals surface area contributed by atoms with Crippen LogP contribution in [0.3, 0.4) is 0 Å². The third-order valence-electron chi connectivity index (χ3n) is 4.11. The zero-order chi connectivity index (χ0) is 19.0. The minimum Gasteiger partial charge on any atom is -0.267 e. The predicted octanol–water partition coefficient (Wildman–Crippen LogP) is 4.59. The Morgan fingerprint density at radius 3 is 2.63 bits per heavy atom. The molecular weight excluding hydrogens is 368 g/mol. The topological polar surface area (TPSA) is 47.2 Å². The van der Waals surface area contributed by atoms with Crippen molar-refractivity contribution in [2.75, 3.05) is 0 Å².